The summed E-state index contributed by atoms with van der Waals surface area (Å²) in [6.45, 7) is 2.98. The van der Waals surface area contributed by atoms with Crippen molar-refractivity contribution < 1.29 is 14.3 Å². The van der Waals surface area contributed by atoms with Gasteiger partial charge in [-0.1, -0.05) is 0 Å². The van der Waals surface area contributed by atoms with E-state index in [1.807, 2.05) is 19.4 Å². The van der Waals surface area contributed by atoms with E-state index in [4.69, 9.17) is 4.74 Å². The summed E-state index contributed by atoms with van der Waals surface area (Å²) in [5.74, 6) is 0.706. The molecule has 1 fully saturated rings. The van der Waals surface area contributed by atoms with Crippen molar-refractivity contribution in [1.29, 1.82) is 0 Å². The predicted octanol–water partition coefficient (Wildman–Crippen LogP) is 1.33. The molecule has 25 heavy (non-hydrogen) atoms. The maximum Gasteiger partial charge on any atom is 0.305 e. The summed E-state index contributed by atoms with van der Waals surface area (Å²) in [6.07, 6.45) is 5.99. The Bertz CT molecular complexity index is 564. The van der Waals surface area contributed by atoms with Gasteiger partial charge in [-0.3, -0.25) is 14.5 Å². The molecule has 2 rings (SSSR count). The fourth-order valence-electron chi connectivity index (χ4n) is 2.68. The summed E-state index contributed by atoms with van der Waals surface area (Å²) in [4.78, 5) is 17.6. The van der Waals surface area contributed by atoms with Gasteiger partial charge in [0.15, 0.2) is 5.96 Å². The van der Waals surface area contributed by atoms with Crippen molar-refractivity contribution in [2.24, 2.45) is 12.0 Å². The van der Waals surface area contributed by atoms with Gasteiger partial charge in [0.05, 0.1) is 26.5 Å². The van der Waals surface area contributed by atoms with Crippen LogP contribution in [0.25, 0.3) is 0 Å². The van der Waals surface area contributed by atoms with Crippen LogP contribution in [0.5, 0.6) is 0 Å². The summed E-state index contributed by atoms with van der Waals surface area (Å²) >= 11 is 0. The zero-order valence-electron chi connectivity index (χ0n) is 15.1. The number of esters is 1. The lowest BCUT2D eigenvalue weighted by molar-refractivity contribution is -0.140. The molecular formula is C16H28IN5O3. The molecule has 0 saturated carbocycles. The van der Waals surface area contributed by atoms with E-state index in [-0.39, 0.29) is 36.0 Å². The highest BCUT2D eigenvalue weighted by molar-refractivity contribution is 14.0. The number of unbranched alkanes of at least 4 members (excludes halogenated alkanes) is 1. The Hall–Kier alpha value is -1.36. The van der Waals surface area contributed by atoms with Crippen molar-refractivity contribution in [2.45, 2.75) is 25.4 Å². The van der Waals surface area contributed by atoms with E-state index < -0.39 is 0 Å². The summed E-state index contributed by atoms with van der Waals surface area (Å²) in [6, 6.07) is 0. The molecule has 1 aliphatic heterocycles. The van der Waals surface area contributed by atoms with E-state index in [0.29, 0.717) is 13.0 Å². The van der Waals surface area contributed by atoms with E-state index in [1.165, 1.54) is 7.11 Å². The van der Waals surface area contributed by atoms with Gasteiger partial charge in [-0.25, -0.2) is 0 Å². The first-order valence-electron chi connectivity index (χ1n) is 8.26. The zero-order chi connectivity index (χ0) is 17.4. The van der Waals surface area contributed by atoms with Crippen LogP contribution >= 0.6 is 24.0 Å². The number of hydrogen-bond donors (Lipinski definition) is 1. The molecule has 1 aliphatic rings. The van der Waals surface area contributed by atoms with Gasteiger partial charge in [0.2, 0.25) is 0 Å². The van der Waals surface area contributed by atoms with Crippen LogP contribution in [0.15, 0.2) is 17.4 Å². The number of ether oxygens (including phenoxy) is 2. The Morgan fingerprint density at radius 2 is 2.32 bits per heavy atom. The molecule has 1 saturated heterocycles. The largest absolute Gasteiger partial charge is 0.469 e. The fraction of sp³-hybridized carbons (Fsp3) is 0.688. The van der Waals surface area contributed by atoms with E-state index in [9.17, 15) is 4.79 Å². The van der Waals surface area contributed by atoms with E-state index in [1.54, 1.807) is 11.7 Å². The van der Waals surface area contributed by atoms with Crippen LogP contribution in [0.4, 0.5) is 0 Å². The molecule has 0 spiro atoms. The molecule has 8 nitrogen and oxygen atoms in total. The van der Waals surface area contributed by atoms with Crippen molar-refractivity contribution >= 4 is 35.9 Å². The molecule has 9 heteroatoms. The summed E-state index contributed by atoms with van der Waals surface area (Å²) in [5, 5.41) is 7.56. The van der Waals surface area contributed by atoms with Crippen molar-refractivity contribution in [3.63, 3.8) is 0 Å². The van der Waals surface area contributed by atoms with Gasteiger partial charge >= 0.3 is 5.97 Å². The molecule has 1 aromatic rings. The standard InChI is InChI=1S/C16H27N5O3.HI/c1-17-16(18-7-5-4-6-15(22)23-3)21-8-9-24-14(12-21)13-10-19-20(2)11-13;/h10-11,14H,4-9,12H2,1-3H3,(H,17,18);1H. The van der Waals surface area contributed by atoms with Gasteiger partial charge in [-0.2, -0.15) is 5.10 Å². The maximum atomic E-state index is 11.1. The SMILES string of the molecule is CN=C(NCCCCC(=O)OC)N1CCOC(c2cnn(C)c2)C1.I. The van der Waals surface area contributed by atoms with Crippen LogP contribution in [0.2, 0.25) is 0 Å². The van der Waals surface area contributed by atoms with Crippen LogP contribution in [0.3, 0.4) is 0 Å². The Morgan fingerprint density at radius 1 is 1.52 bits per heavy atom. The van der Waals surface area contributed by atoms with Crippen LogP contribution in [0.1, 0.15) is 30.9 Å². The molecule has 1 unspecified atom stereocenters. The number of rotatable bonds is 6. The number of hydrogen-bond acceptors (Lipinski definition) is 5. The molecule has 1 atom stereocenters. The summed E-state index contributed by atoms with van der Waals surface area (Å²) < 4.78 is 12.3. The van der Waals surface area contributed by atoms with Gasteiger partial charge in [-0.05, 0) is 12.8 Å². The first-order valence-corrected chi connectivity index (χ1v) is 8.26. The smallest absolute Gasteiger partial charge is 0.305 e. The second kappa shape index (κ2) is 11.3. The van der Waals surface area contributed by atoms with E-state index >= 15 is 0 Å². The molecule has 142 valence electrons. The topological polar surface area (TPSA) is 81.0 Å². The second-order valence-electron chi connectivity index (χ2n) is 5.76. The third kappa shape index (κ3) is 6.81. The molecule has 0 aliphatic carbocycles. The number of methoxy groups -OCH3 is 1. The number of halogens is 1. The fourth-order valence-corrected chi connectivity index (χ4v) is 2.68. The lowest BCUT2D eigenvalue weighted by Crippen LogP contribution is -2.48. The summed E-state index contributed by atoms with van der Waals surface area (Å²) in [5.41, 5.74) is 1.08. The number of aromatic nitrogens is 2. The predicted molar refractivity (Wildman–Crippen MR) is 106 cm³/mol. The quantitative estimate of drug-likeness (QED) is 0.225. The first kappa shape index (κ1) is 21.7. The van der Waals surface area contributed by atoms with Crippen molar-refractivity contribution in [2.75, 3.05) is 40.4 Å². The van der Waals surface area contributed by atoms with Gasteiger partial charge in [0, 0.05) is 45.4 Å². The van der Waals surface area contributed by atoms with Gasteiger partial charge in [0.1, 0.15) is 6.10 Å². The van der Waals surface area contributed by atoms with E-state index in [2.05, 4.69) is 25.0 Å². The molecule has 0 bridgehead atoms. The minimum Gasteiger partial charge on any atom is -0.469 e. The number of nitrogens with one attached hydrogen (secondary N) is 1. The average Bonchev–Trinajstić information content (AvgIpc) is 3.04. The monoisotopic (exact) mass is 465 g/mol. The van der Waals surface area contributed by atoms with Crippen molar-refractivity contribution in [1.82, 2.24) is 20.0 Å². The van der Waals surface area contributed by atoms with Crippen molar-refractivity contribution in [3.05, 3.63) is 18.0 Å². The van der Waals surface area contributed by atoms with Crippen LogP contribution < -0.4 is 5.32 Å². The normalized spacial score (nSPS) is 17.8. The third-order valence-corrected chi connectivity index (χ3v) is 3.99. The molecular weight excluding hydrogens is 437 g/mol. The van der Waals surface area contributed by atoms with Gasteiger partial charge in [-0.15, -0.1) is 24.0 Å². The third-order valence-electron chi connectivity index (χ3n) is 3.99. The minimum atomic E-state index is -0.160. The Kier molecular flexibility index (Phi) is 9.79. The molecule has 2 heterocycles. The average molecular weight is 465 g/mol. The number of carbonyl (C=O) groups is 1. The zero-order valence-corrected chi connectivity index (χ0v) is 17.4. The molecule has 0 radical (unpaired) electrons. The number of carbonyl (C=O) groups excluding carboxylic acids is 1. The van der Waals surface area contributed by atoms with Crippen molar-refractivity contribution in [3.8, 4) is 0 Å². The lowest BCUT2D eigenvalue weighted by Gasteiger charge is -2.34. The number of morpholine rings is 1. The number of guanidine groups is 1. The highest BCUT2D eigenvalue weighted by Gasteiger charge is 2.24. The second-order valence-corrected chi connectivity index (χ2v) is 5.76. The lowest BCUT2D eigenvalue weighted by atomic mass is 10.1. The molecule has 1 aromatic heterocycles. The van der Waals surface area contributed by atoms with E-state index in [0.717, 1.165) is 44.0 Å². The number of aliphatic imine (C=N–C) groups is 1. The van der Waals surface area contributed by atoms with Crippen LogP contribution in [0, 0.1) is 0 Å². The highest BCUT2D eigenvalue weighted by atomic mass is 127. The maximum absolute atomic E-state index is 11.1. The number of nitrogens with zero attached hydrogens (tertiary/aromatic N) is 4. The van der Waals surface area contributed by atoms with Crippen LogP contribution in [-0.4, -0.2) is 67.0 Å². The van der Waals surface area contributed by atoms with Gasteiger partial charge in [0.25, 0.3) is 0 Å². The first-order chi connectivity index (χ1) is 11.6. The highest BCUT2D eigenvalue weighted by Crippen LogP contribution is 2.21. The molecule has 0 aromatic carbocycles. The Morgan fingerprint density at radius 3 is 2.96 bits per heavy atom. The molecule has 1 N–H and O–H groups in total. The number of aryl methyl sites for hydroxylation is 1. The minimum absolute atomic E-state index is 0. The Balaban J connectivity index is 0.00000312. The summed E-state index contributed by atoms with van der Waals surface area (Å²) in [7, 11) is 5.10. The van der Waals surface area contributed by atoms with Gasteiger partial charge < -0.3 is 19.7 Å². The molecule has 0 amide bonds. The van der Waals surface area contributed by atoms with Crippen LogP contribution in [-0.2, 0) is 21.3 Å². The Labute approximate surface area is 166 Å².